The Balaban J connectivity index is 2.53. The number of carbonyl (C=O) groups is 1. The van der Waals surface area contributed by atoms with E-state index < -0.39 is 0 Å². The van der Waals surface area contributed by atoms with E-state index in [1.807, 2.05) is 23.9 Å². The third-order valence-electron chi connectivity index (χ3n) is 2.90. The highest BCUT2D eigenvalue weighted by atomic mass is 16.2. The fraction of sp³-hybridized carbons (Fsp3) is 0.909. The first-order valence-electron chi connectivity index (χ1n) is 5.82. The third-order valence-corrected chi connectivity index (χ3v) is 2.90. The molecule has 0 saturated carbocycles. The smallest absolute Gasteiger partial charge is 0.239 e. The van der Waals surface area contributed by atoms with Gasteiger partial charge in [0.15, 0.2) is 0 Å². The Hall–Kier alpha value is -0.610. The Morgan fingerprint density at radius 3 is 2.47 bits per heavy atom. The van der Waals surface area contributed by atoms with Gasteiger partial charge in [-0.05, 0) is 20.5 Å². The Kier molecular flexibility index (Phi) is 5.05. The maximum atomic E-state index is 12.2. The lowest BCUT2D eigenvalue weighted by Gasteiger charge is -2.33. The predicted molar refractivity (Wildman–Crippen MR) is 61.8 cm³/mol. The van der Waals surface area contributed by atoms with Crippen molar-refractivity contribution in [3.05, 3.63) is 0 Å². The minimum absolute atomic E-state index is 0.0631. The van der Waals surface area contributed by atoms with Crippen molar-refractivity contribution in [2.24, 2.45) is 0 Å². The molecule has 1 unspecified atom stereocenters. The average molecular weight is 213 g/mol. The summed E-state index contributed by atoms with van der Waals surface area (Å²) in [5.74, 6) is 0.295. The molecule has 1 rings (SSSR count). The molecule has 4 heteroatoms. The van der Waals surface area contributed by atoms with Crippen LogP contribution in [-0.2, 0) is 4.79 Å². The van der Waals surface area contributed by atoms with Crippen molar-refractivity contribution in [1.82, 2.24) is 15.1 Å². The second kappa shape index (κ2) is 6.08. The zero-order valence-electron chi connectivity index (χ0n) is 10.1. The maximum absolute atomic E-state index is 12.2. The number of amides is 1. The van der Waals surface area contributed by atoms with Crippen molar-refractivity contribution in [2.75, 3.05) is 40.3 Å². The van der Waals surface area contributed by atoms with Gasteiger partial charge in [-0.1, -0.05) is 13.3 Å². The molecule has 0 bridgehead atoms. The van der Waals surface area contributed by atoms with Gasteiger partial charge < -0.3 is 10.2 Å². The molecule has 0 radical (unpaired) electrons. The minimum Gasteiger partial charge on any atom is -0.339 e. The van der Waals surface area contributed by atoms with Crippen molar-refractivity contribution in [3.8, 4) is 0 Å². The van der Waals surface area contributed by atoms with Crippen LogP contribution in [0.4, 0.5) is 0 Å². The SMILES string of the molecule is CCCC(C(=O)N1CCNCC1)N(C)C. The Labute approximate surface area is 92.6 Å². The highest BCUT2D eigenvalue weighted by Crippen LogP contribution is 2.08. The van der Waals surface area contributed by atoms with Crippen molar-refractivity contribution >= 4 is 5.91 Å². The molecular formula is C11H23N3O. The molecule has 1 aliphatic rings. The molecule has 4 nitrogen and oxygen atoms in total. The Bertz CT molecular complexity index is 200. The number of nitrogens with zero attached hydrogens (tertiary/aromatic N) is 2. The van der Waals surface area contributed by atoms with Gasteiger partial charge in [0.25, 0.3) is 0 Å². The molecule has 0 aromatic rings. The summed E-state index contributed by atoms with van der Waals surface area (Å²) in [5, 5.41) is 3.26. The largest absolute Gasteiger partial charge is 0.339 e. The van der Waals surface area contributed by atoms with Crippen LogP contribution in [0.1, 0.15) is 19.8 Å². The topological polar surface area (TPSA) is 35.6 Å². The second-order valence-corrected chi connectivity index (χ2v) is 4.34. The van der Waals surface area contributed by atoms with Gasteiger partial charge in [-0.25, -0.2) is 0 Å². The van der Waals surface area contributed by atoms with Crippen LogP contribution >= 0.6 is 0 Å². The lowest BCUT2D eigenvalue weighted by Crippen LogP contribution is -2.52. The summed E-state index contributed by atoms with van der Waals surface area (Å²) in [6, 6.07) is 0.0631. The summed E-state index contributed by atoms with van der Waals surface area (Å²) < 4.78 is 0. The lowest BCUT2D eigenvalue weighted by molar-refractivity contribution is -0.136. The maximum Gasteiger partial charge on any atom is 0.239 e. The second-order valence-electron chi connectivity index (χ2n) is 4.34. The molecule has 0 aliphatic carbocycles. The first-order valence-corrected chi connectivity index (χ1v) is 5.82. The van der Waals surface area contributed by atoms with E-state index in [1.165, 1.54) is 0 Å². The van der Waals surface area contributed by atoms with Gasteiger partial charge >= 0.3 is 0 Å². The van der Waals surface area contributed by atoms with Gasteiger partial charge in [-0.15, -0.1) is 0 Å². The third kappa shape index (κ3) is 3.47. The van der Waals surface area contributed by atoms with E-state index in [4.69, 9.17) is 0 Å². The van der Waals surface area contributed by atoms with Crippen LogP contribution in [0.2, 0.25) is 0 Å². The van der Waals surface area contributed by atoms with Crippen molar-refractivity contribution in [3.63, 3.8) is 0 Å². The summed E-state index contributed by atoms with van der Waals surface area (Å²) in [6.07, 6.45) is 2.01. The van der Waals surface area contributed by atoms with Gasteiger partial charge in [-0.3, -0.25) is 9.69 Å². The number of carbonyl (C=O) groups excluding carboxylic acids is 1. The Morgan fingerprint density at radius 2 is 2.00 bits per heavy atom. The van der Waals surface area contributed by atoms with Gasteiger partial charge in [0.2, 0.25) is 5.91 Å². The number of likely N-dealkylation sites (N-methyl/N-ethyl adjacent to an activating group) is 1. The molecular weight excluding hydrogens is 190 g/mol. The lowest BCUT2D eigenvalue weighted by atomic mass is 10.1. The van der Waals surface area contributed by atoms with Crippen LogP contribution in [0.15, 0.2) is 0 Å². The van der Waals surface area contributed by atoms with E-state index in [2.05, 4.69) is 12.2 Å². The van der Waals surface area contributed by atoms with E-state index in [9.17, 15) is 4.79 Å². The molecule has 88 valence electrons. The summed E-state index contributed by atoms with van der Waals surface area (Å²) >= 11 is 0. The zero-order chi connectivity index (χ0) is 11.3. The molecule has 1 amide bonds. The summed E-state index contributed by atoms with van der Waals surface area (Å²) in [7, 11) is 3.97. The van der Waals surface area contributed by atoms with E-state index in [0.29, 0.717) is 5.91 Å². The number of piperazine rings is 1. The number of hydrogen-bond donors (Lipinski definition) is 1. The fourth-order valence-corrected chi connectivity index (χ4v) is 1.97. The van der Waals surface area contributed by atoms with Crippen molar-refractivity contribution in [1.29, 1.82) is 0 Å². The zero-order valence-corrected chi connectivity index (χ0v) is 10.1. The summed E-state index contributed by atoms with van der Waals surface area (Å²) in [5.41, 5.74) is 0. The summed E-state index contributed by atoms with van der Waals surface area (Å²) in [4.78, 5) is 16.2. The highest BCUT2D eigenvalue weighted by Gasteiger charge is 2.25. The van der Waals surface area contributed by atoms with Crippen molar-refractivity contribution < 1.29 is 4.79 Å². The normalized spacial score (nSPS) is 19.3. The van der Waals surface area contributed by atoms with Gasteiger partial charge in [0.1, 0.15) is 0 Å². The molecule has 15 heavy (non-hydrogen) atoms. The van der Waals surface area contributed by atoms with Crippen LogP contribution in [-0.4, -0.2) is 62.0 Å². The fourth-order valence-electron chi connectivity index (χ4n) is 1.97. The quantitative estimate of drug-likeness (QED) is 0.722. The number of nitrogens with one attached hydrogen (secondary N) is 1. The predicted octanol–water partition coefficient (Wildman–Crippen LogP) is 0.149. The highest BCUT2D eigenvalue weighted by molar-refractivity contribution is 5.81. The van der Waals surface area contributed by atoms with Gasteiger partial charge in [0.05, 0.1) is 6.04 Å². The molecule has 0 aromatic heterocycles. The number of rotatable bonds is 4. The van der Waals surface area contributed by atoms with E-state index in [1.54, 1.807) is 0 Å². The van der Waals surface area contributed by atoms with Gasteiger partial charge in [-0.2, -0.15) is 0 Å². The average Bonchev–Trinajstić information content (AvgIpc) is 2.26. The van der Waals surface area contributed by atoms with Crippen LogP contribution < -0.4 is 5.32 Å². The molecule has 0 aromatic carbocycles. The van der Waals surface area contributed by atoms with E-state index in [-0.39, 0.29) is 6.04 Å². The van der Waals surface area contributed by atoms with Crippen molar-refractivity contribution in [2.45, 2.75) is 25.8 Å². The monoisotopic (exact) mass is 213 g/mol. The first-order chi connectivity index (χ1) is 7.16. The standard InChI is InChI=1S/C11H23N3O/c1-4-5-10(13(2)3)11(15)14-8-6-12-7-9-14/h10,12H,4-9H2,1-3H3. The Morgan fingerprint density at radius 1 is 1.40 bits per heavy atom. The molecule has 1 aliphatic heterocycles. The van der Waals surface area contributed by atoms with Crippen LogP contribution in [0, 0.1) is 0 Å². The molecule has 1 heterocycles. The van der Waals surface area contributed by atoms with Crippen LogP contribution in [0.5, 0.6) is 0 Å². The summed E-state index contributed by atoms with van der Waals surface area (Å²) in [6.45, 7) is 5.69. The van der Waals surface area contributed by atoms with Gasteiger partial charge in [0, 0.05) is 26.2 Å². The minimum atomic E-state index is 0.0631. The van der Waals surface area contributed by atoms with Crippen LogP contribution in [0.3, 0.4) is 0 Å². The molecule has 1 fully saturated rings. The van der Waals surface area contributed by atoms with Crippen LogP contribution in [0.25, 0.3) is 0 Å². The molecule has 1 N–H and O–H groups in total. The molecule has 1 atom stereocenters. The van der Waals surface area contributed by atoms with E-state index >= 15 is 0 Å². The number of hydrogen-bond acceptors (Lipinski definition) is 3. The molecule has 1 saturated heterocycles. The van der Waals surface area contributed by atoms with E-state index in [0.717, 1.165) is 39.0 Å². The molecule has 0 spiro atoms. The first kappa shape index (κ1) is 12.5.